The van der Waals surface area contributed by atoms with Gasteiger partial charge < -0.3 is 5.73 Å². The fourth-order valence-electron chi connectivity index (χ4n) is 2.47. The van der Waals surface area contributed by atoms with Gasteiger partial charge in [0.15, 0.2) is 0 Å². The molecule has 19 heavy (non-hydrogen) atoms. The summed E-state index contributed by atoms with van der Waals surface area (Å²) in [6.45, 7) is 1.98. The standard InChI is InChI=1S/C15H16N4/c1-10-13(9-19(2)18-10)14(16)12-7-3-5-11-6-4-8-17-15(11)12/h3-9,14H,16H2,1-2H3. The van der Waals surface area contributed by atoms with E-state index in [0.29, 0.717) is 0 Å². The third-order valence-corrected chi connectivity index (χ3v) is 3.39. The molecule has 0 amide bonds. The third-order valence-electron chi connectivity index (χ3n) is 3.39. The van der Waals surface area contributed by atoms with E-state index in [2.05, 4.69) is 22.2 Å². The van der Waals surface area contributed by atoms with E-state index in [4.69, 9.17) is 5.73 Å². The van der Waals surface area contributed by atoms with E-state index in [1.54, 1.807) is 10.9 Å². The lowest BCUT2D eigenvalue weighted by atomic mass is 9.98. The van der Waals surface area contributed by atoms with Gasteiger partial charge in [-0.1, -0.05) is 24.3 Å². The van der Waals surface area contributed by atoms with Crippen molar-refractivity contribution >= 4 is 10.9 Å². The molecule has 0 bridgehead atoms. The average Bonchev–Trinajstić information content (AvgIpc) is 2.76. The summed E-state index contributed by atoms with van der Waals surface area (Å²) in [5, 5.41) is 5.46. The maximum absolute atomic E-state index is 6.40. The molecule has 96 valence electrons. The van der Waals surface area contributed by atoms with Crippen LogP contribution < -0.4 is 5.73 Å². The minimum Gasteiger partial charge on any atom is -0.320 e. The zero-order valence-electron chi connectivity index (χ0n) is 11.0. The van der Waals surface area contributed by atoms with Gasteiger partial charge in [-0.15, -0.1) is 0 Å². The highest BCUT2D eigenvalue weighted by Crippen LogP contribution is 2.27. The molecule has 0 aliphatic carbocycles. The second-order valence-corrected chi connectivity index (χ2v) is 4.74. The molecule has 1 unspecified atom stereocenters. The fraction of sp³-hybridized carbons (Fsp3) is 0.200. The van der Waals surface area contributed by atoms with Crippen LogP contribution in [0.25, 0.3) is 10.9 Å². The van der Waals surface area contributed by atoms with E-state index in [-0.39, 0.29) is 6.04 Å². The van der Waals surface area contributed by atoms with E-state index in [9.17, 15) is 0 Å². The van der Waals surface area contributed by atoms with Crippen LogP contribution in [0.4, 0.5) is 0 Å². The number of hydrogen-bond acceptors (Lipinski definition) is 3. The first kappa shape index (κ1) is 11.9. The summed E-state index contributed by atoms with van der Waals surface area (Å²) >= 11 is 0. The van der Waals surface area contributed by atoms with Crippen molar-refractivity contribution < 1.29 is 0 Å². The second kappa shape index (κ2) is 4.48. The van der Waals surface area contributed by atoms with Gasteiger partial charge in [-0.2, -0.15) is 5.10 Å². The number of rotatable bonds is 2. The van der Waals surface area contributed by atoms with Crippen LogP contribution in [0.5, 0.6) is 0 Å². The number of benzene rings is 1. The third kappa shape index (κ3) is 2.00. The van der Waals surface area contributed by atoms with Crippen molar-refractivity contribution in [3.8, 4) is 0 Å². The van der Waals surface area contributed by atoms with E-state index < -0.39 is 0 Å². The fourth-order valence-corrected chi connectivity index (χ4v) is 2.47. The van der Waals surface area contributed by atoms with Crippen LogP contribution >= 0.6 is 0 Å². The number of nitrogens with zero attached hydrogens (tertiary/aromatic N) is 3. The Morgan fingerprint density at radius 3 is 2.68 bits per heavy atom. The minimum atomic E-state index is -0.202. The van der Waals surface area contributed by atoms with Crippen LogP contribution in [0.2, 0.25) is 0 Å². The van der Waals surface area contributed by atoms with Crippen LogP contribution in [0.3, 0.4) is 0 Å². The van der Waals surface area contributed by atoms with Crippen LogP contribution in [0.1, 0.15) is 22.9 Å². The van der Waals surface area contributed by atoms with Gasteiger partial charge in [0.1, 0.15) is 0 Å². The molecule has 2 N–H and O–H groups in total. The molecule has 0 saturated heterocycles. The molecule has 4 heteroatoms. The topological polar surface area (TPSA) is 56.7 Å². The van der Waals surface area contributed by atoms with Crippen LogP contribution in [-0.2, 0) is 7.05 Å². The molecule has 2 aromatic heterocycles. The van der Waals surface area contributed by atoms with Crippen molar-refractivity contribution in [1.29, 1.82) is 0 Å². The molecule has 0 aliphatic heterocycles. The molecule has 0 spiro atoms. The molecule has 3 aromatic rings. The average molecular weight is 252 g/mol. The Labute approximate surface area is 111 Å². The van der Waals surface area contributed by atoms with E-state index in [0.717, 1.165) is 27.7 Å². The van der Waals surface area contributed by atoms with Crippen LogP contribution in [0.15, 0.2) is 42.7 Å². The number of nitrogens with two attached hydrogens (primary N) is 1. The number of aromatic nitrogens is 3. The Kier molecular flexibility index (Phi) is 2.80. The van der Waals surface area contributed by atoms with Gasteiger partial charge in [-0.3, -0.25) is 9.67 Å². The van der Waals surface area contributed by atoms with Gasteiger partial charge in [0.25, 0.3) is 0 Å². The Morgan fingerprint density at radius 2 is 1.95 bits per heavy atom. The van der Waals surface area contributed by atoms with Crippen LogP contribution in [-0.4, -0.2) is 14.8 Å². The predicted molar refractivity (Wildman–Crippen MR) is 75.7 cm³/mol. The van der Waals surface area contributed by atoms with Crippen molar-refractivity contribution in [2.75, 3.05) is 0 Å². The van der Waals surface area contributed by atoms with E-state index in [1.165, 1.54) is 0 Å². The Morgan fingerprint density at radius 1 is 1.16 bits per heavy atom. The molecular formula is C15H16N4. The van der Waals surface area contributed by atoms with Crippen molar-refractivity contribution in [2.45, 2.75) is 13.0 Å². The number of aryl methyl sites for hydroxylation is 2. The number of hydrogen-bond donors (Lipinski definition) is 1. The number of para-hydroxylation sites is 1. The molecule has 2 heterocycles. The quantitative estimate of drug-likeness (QED) is 0.761. The molecule has 0 fully saturated rings. The summed E-state index contributed by atoms with van der Waals surface area (Å²) in [4.78, 5) is 4.46. The summed E-state index contributed by atoms with van der Waals surface area (Å²) < 4.78 is 1.79. The van der Waals surface area contributed by atoms with Gasteiger partial charge in [0.05, 0.1) is 17.3 Å². The SMILES string of the molecule is Cc1nn(C)cc1C(N)c1cccc2cccnc12. The van der Waals surface area contributed by atoms with E-state index >= 15 is 0 Å². The van der Waals surface area contributed by atoms with Crippen molar-refractivity contribution in [1.82, 2.24) is 14.8 Å². The molecule has 0 saturated carbocycles. The zero-order chi connectivity index (χ0) is 13.4. The lowest BCUT2D eigenvalue weighted by Gasteiger charge is -2.13. The zero-order valence-corrected chi connectivity index (χ0v) is 11.0. The maximum Gasteiger partial charge on any atom is 0.0753 e. The van der Waals surface area contributed by atoms with Crippen molar-refractivity contribution in [3.63, 3.8) is 0 Å². The highest BCUT2D eigenvalue weighted by atomic mass is 15.2. The minimum absolute atomic E-state index is 0.202. The Bertz CT molecular complexity index is 725. The second-order valence-electron chi connectivity index (χ2n) is 4.74. The monoisotopic (exact) mass is 252 g/mol. The maximum atomic E-state index is 6.40. The lowest BCUT2D eigenvalue weighted by Crippen LogP contribution is -2.13. The summed E-state index contributed by atoms with van der Waals surface area (Å²) in [5.41, 5.74) is 10.4. The summed E-state index contributed by atoms with van der Waals surface area (Å²) in [6, 6.07) is 9.89. The van der Waals surface area contributed by atoms with Gasteiger partial charge in [0, 0.05) is 30.4 Å². The molecule has 0 aliphatic rings. The molecule has 1 aromatic carbocycles. The Balaban J connectivity index is 2.16. The first-order valence-electron chi connectivity index (χ1n) is 6.26. The Hall–Kier alpha value is -2.20. The van der Waals surface area contributed by atoms with Crippen molar-refractivity contribution in [2.24, 2.45) is 12.8 Å². The first-order chi connectivity index (χ1) is 9.16. The molecule has 4 nitrogen and oxygen atoms in total. The van der Waals surface area contributed by atoms with Gasteiger partial charge in [-0.05, 0) is 18.6 Å². The van der Waals surface area contributed by atoms with Gasteiger partial charge >= 0.3 is 0 Å². The summed E-state index contributed by atoms with van der Waals surface area (Å²) in [6.07, 6.45) is 3.77. The van der Waals surface area contributed by atoms with Crippen LogP contribution in [0, 0.1) is 6.92 Å². The molecular weight excluding hydrogens is 236 g/mol. The molecule has 0 radical (unpaired) electrons. The predicted octanol–water partition coefficient (Wildman–Crippen LogP) is 2.32. The smallest absolute Gasteiger partial charge is 0.0753 e. The number of fused-ring (bicyclic) bond motifs is 1. The summed E-state index contributed by atoms with van der Waals surface area (Å²) in [7, 11) is 1.91. The normalized spacial score (nSPS) is 12.8. The first-order valence-corrected chi connectivity index (χ1v) is 6.26. The highest BCUT2D eigenvalue weighted by Gasteiger charge is 2.16. The largest absolute Gasteiger partial charge is 0.320 e. The van der Waals surface area contributed by atoms with Crippen molar-refractivity contribution in [3.05, 3.63) is 59.5 Å². The molecule has 3 rings (SSSR count). The van der Waals surface area contributed by atoms with Gasteiger partial charge in [0.2, 0.25) is 0 Å². The van der Waals surface area contributed by atoms with Gasteiger partial charge in [-0.25, -0.2) is 0 Å². The lowest BCUT2D eigenvalue weighted by molar-refractivity contribution is 0.756. The number of pyridine rings is 1. The highest BCUT2D eigenvalue weighted by molar-refractivity contribution is 5.82. The molecule has 1 atom stereocenters. The summed E-state index contributed by atoms with van der Waals surface area (Å²) in [5.74, 6) is 0. The van der Waals surface area contributed by atoms with E-state index in [1.807, 2.05) is 38.4 Å².